The van der Waals surface area contributed by atoms with Crippen LogP contribution in [0.2, 0.25) is 0 Å². The Morgan fingerprint density at radius 2 is 1.81 bits per heavy atom. The summed E-state index contributed by atoms with van der Waals surface area (Å²) in [6.07, 6.45) is 4.76. The van der Waals surface area contributed by atoms with Gasteiger partial charge in [0.25, 0.3) is 0 Å². The van der Waals surface area contributed by atoms with E-state index < -0.39 is 35.1 Å². The number of aliphatic hydroxyl groups is 1. The summed E-state index contributed by atoms with van der Waals surface area (Å²) < 4.78 is 26.7. The molecule has 3 N–H and O–H groups in total. The molecule has 0 radical (unpaired) electrons. The Morgan fingerprint density at radius 3 is 2.38 bits per heavy atom. The first-order chi connectivity index (χ1) is 15.1. The minimum absolute atomic E-state index is 0.183. The molecule has 1 aromatic carbocycles. The molecular weight excluding hydrogens is 416 g/mol. The minimum atomic E-state index is -0.999. The van der Waals surface area contributed by atoms with E-state index in [0.717, 1.165) is 31.0 Å². The second kappa shape index (κ2) is 11.7. The number of nitrogens with zero attached hydrogens (tertiary/aromatic N) is 1. The molecular formula is C24H31F2N3O3. The number of amides is 2. The van der Waals surface area contributed by atoms with E-state index in [0.29, 0.717) is 30.6 Å². The number of pyridine rings is 1. The van der Waals surface area contributed by atoms with E-state index in [9.17, 15) is 23.5 Å². The number of unbranched alkanes of at least 4 members (excludes halogenated alkanes) is 1. The van der Waals surface area contributed by atoms with Gasteiger partial charge in [-0.3, -0.25) is 9.59 Å². The maximum Gasteiger partial charge on any atom is 0.248 e. The molecule has 0 aliphatic heterocycles. The smallest absolute Gasteiger partial charge is 0.248 e. The van der Waals surface area contributed by atoms with Crippen molar-refractivity contribution in [3.63, 3.8) is 0 Å². The van der Waals surface area contributed by atoms with Crippen molar-refractivity contribution >= 4 is 17.6 Å². The summed E-state index contributed by atoms with van der Waals surface area (Å²) in [4.78, 5) is 29.2. The highest BCUT2D eigenvalue weighted by Crippen LogP contribution is 2.26. The molecule has 174 valence electrons. The van der Waals surface area contributed by atoms with Crippen LogP contribution in [0, 0.1) is 11.6 Å². The Bertz CT molecular complexity index is 897. The van der Waals surface area contributed by atoms with Gasteiger partial charge in [0.15, 0.2) is 0 Å². The third-order valence-corrected chi connectivity index (χ3v) is 5.17. The van der Waals surface area contributed by atoms with Crippen LogP contribution >= 0.6 is 0 Å². The first-order valence-electron chi connectivity index (χ1n) is 10.9. The standard InChI is InChI=1S/C24H31F2N3O3/c1-4-6-10-24(3,32)17-8-9-21(27-15-17)29-23(31)20(7-5-2)28-22(30)13-16-11-18(25)14-19(26)12-16/h8-9,11-12,14-15,20,32H,4-7,10,13H2,1-3H3,(H,28,30)(H,27,29,31). The topological polar surface area (TPSA) is 91.3 Å². The Kier molecular flexibility index (Phi) is 9.26. The van der Waals surface area contributed by atoms with Gasteiger partial charge in [-0.15, -0.1) is 0 Å². The van der Waals surface area contributed by atoms with Crippen LogP contribution in [0.15, 0.2) is 36.5 Å². The Balaban J connectivity index is 2.01. The van der Waals surface area contributed by atoms with Gasteiger partial charge in [-0.2, -0.15) is 0 Å². The van der Waals surface area contributed by atoms with Crippen LogP contribution in [0.5, 0.6) is 0 Å². The summed E-state index contributed by atoms with van der Waals surface area (Å²) in [6, 6.07) is 5.39. The number of rotatable bonds is 11. The number of nitrogens with one attached hydrogen (secondary N) is 2. The van der Waals surface area contributed by atoms with Crippen molar-refractivity contribution in [2.45, 2.75) is 70.9 Å². The summed E-state index contributed by atoms with van der Waals surface area (Å²) in [5.74, 6) is -2.19. The molecule has 2 unspecified atom stereocenters. The van der Waals surface area contributed by atoms with Crippen LogP contribution in [0.25, 0.3) is 0 Å². The quantitative estimate of drug-likeness (QED) is 0.481. The average molecular weight is 448 g/mol. The first-order valence-corrected chi connectivity index (χ1v) is 10.9. The number of hydrogen-bond donors (Lipinski definition) is 3. The average Bonchev–Trinajstić information content (AvgIpc) is 2.71. The van der Waals surface area contributed by atoms with Crippen molar-refractivity contribution in [2.75, 3.05) is 5.32 Å². The van der Waals surface area contributed by atoms with Crippen LogP contribution in [0.1, 0.15) is 64.0 Å². The number of hydrogen-bond acceptors (Lipinski definition) is 4. The molecule has 2 aromatic rings. The number of aromatic nitrogens is 1. The molecule has 1 heterocycles. The van der Waals surface area contributed by atoms with Crippen molar-refractivity contribution in [1.82, 2.24) is 10.3 Å². The Labute approximate surface area is 187 Å². The molecule has 2 atom stereocenters. The molecule has 0 saturated carbocycles. The highest BCUT2D eigenvalue weighted by Gasteiger charge is 2.24. The molecule has 0 saturated heterocycles. The summed E-state index contributed by atoms with van der Waals surface area (Å²) in [5.41, 5.74) is -0.159. The number of carbonyl (C=O) groups is 2. The lowest BCUT2D eigenvalue weighted by Crippen LogP contribution is -2.44. The van der Waals surface area contributed by atoms with E-state index in [-0.39, 0.29) is 12.0 Å². The van der Waals surface area contributed by atoms with Crippen LogP contribution < -0.4 is 10.6 Å². The molecule has 32 heavy (non-hydrogen) atoms. The normalized spacial score (nSPS) is 13.8. The van der Waals surface area contributed by atoms with E-state index in [1.165, 1.54) is 6.20 Å². The van der Waals surface area contributed by atoms with Gasteiger partial charge < -0.3 is 15.7 Å². The molecule has 0 aliphatic rings. The maximum atomic E-state index is 13.3. The SMILES string of the molecule is CCCCC(C)(O)c1ccc(NC(=O)C(CCC)NC(=O)Cc2cc(F)cc(F)c2)nc1. The van der Waals surface area contributed by atoms with E-state index in [1.54, 1.807) is 19.1 Å². The lowest BCUT2D eigenvalue weighted by Gasteiger charge is -2.23. The van der Waals surface area contributed by atoms with Crippen LogP contribution in [0.3, 0.4) is 0 Å². The minimum Gasteiger partial charge on any atom is -0.385 e. The lowest BCUT2D eigenvalue weighted by molar-refractivity contribution is -0.126. The predicted octanol–water partition coefficient (Wildman–Crippen LogP) is 4.22. The molecule has 2 amide bonds. The van der Waals surface area contributed by atoms with E-state index in [2.05, 4.69) is 22.5 Å². The molecule has 6 nitrogen and oxygen atoms in total. The third-order valence-electron chi connectivity index (χ3n) is 5.17. The van der Waals surface area contributed by atoms with Crippen LogP contribution in [0.4, 0.5) is 14.6 Å². The zero-order chi connectivity index (χ0) is 23.7. The van der Waals surface area contributed by atoms with Crippen molar-refractivity contribution in [2.24, 2.45) is 0 Å². The molecule has 2 rings (SSSR count). The largest absolute Gasteiger partial charge is 0.385 e. The number of carbonyl (C=O) groups excluding carboxylic acids is 2. The lowest BCUT2D eigenvalue weighted by atomic mass is 9.92. The molecule has 0 aliphatic carbocycles. The Morgan fingerprint density at radius 1 is 1.12 bits per heavy atom. The summed E-state index contributed by atoms with van der Waals surface area (Å²) >= 11 is 0. The van der Waals surface area contributed by atoms with Crippen molar-refractivity contribution in [3.05, 3.63) is 59.3 Å². The van der Waals surface area contributed by atoms with E-state index >= 15 is 0 Å². The summed E-state index contributed by atoms with van der Waals surface area (Å²) in [5, 5.41) is 15.9. The van der Waals surface area contributed by atoms with Crippen molar-refractivity contribution in [1.29, 1.82) is 0 Å². The summed E-state index contributed by atoms with van der Waals surface area (Å²) in [7, 11) is 0. The predicted molar refractivity (Wildman–Crippen MR) is 119 cm³/mol. The number of anilines is 1. The zero-order valence-corrected chi connectivity index (χ0v) is 18.8. The van der Waals surface area contributed by atoms with Gasteiger partial charge in [0.1, 0.15) is 23.5 Å². The second-order valence-corrected chi connectivity index (χ2v) is 8.16. The van der Waals surface area contributed by atoms with Gasteiger partial charge in [0, 0.05) is 17.8 Å². The van der Waals surface area contributed by atoms with Crippen molar-refractivity contribution in [3.8, 4) is 0 Å². The van der Waals surface area contributed by atoms with Gasteiger partial charge in [-0.25, -0.2) is 13.8 Å². The molecule has 0 spiro atoms. The fourth-order valence-corrected chi connectivity index (χ4v) is 3.37. The molecule has 1 aromatic heterocycles. The first kappa shape index (κ1) is 25.4. The highest BCUT2D eigenvalue weighted by atomic mass is 19.1. The highest BCUT2D eigenvalue weighted by molar-refractivity contribution is 5.96. The zero-order valence-electron chi connectivity index (χ0n) is 18.8. The van der Waals surface area contributed by atoms with Crippen LogP contribution in [-0.4, -0.2) is 27.9 Å². The Hall–Kier alpha value is -2.87. The monoisotopic (exact) mass is 447 g/mol. The van der Waals surface area contributed by atoms with E-state index in [4.69, 9.17) is 0 Å². The number of benzene rings is 1. The van der Waals surface area contributed by atoms with Gasteiger partial charge in [0.05, 0.1) is 12.0 Å². The fourth-order valence-electron chi connectivity index (χ4n) is 3.37. The fraction of sp³-hybridized carbons (Fsp3) is 0.458. The molecule has 0 bridgehead atoms. The third kappa shape index (κ3) is 7.67. The maximum absolute atomic E-state index is 13.3. The van der Waals surface area contributed by atoms with Gasteiger partial charge >= 0.3 is 0 Å². The van der Waals surface area contributed by atoms with Crippen LogP contribution in [-0.2, 0) is 21.6 Å². The molecule has 8 heteroatoms. The van der Waals surface area contributed by atoms with Gasteiger partial charge in [-0.05, 0) is 43.5 Å². The van der Waals surface area contributed by atoms with Crippen molar-refractivity contribution < 1.29 is 23.5 Å². The van der Waals surface area contributed by atoms with Gasteiger partial charge in [0.2, 0.25) is 11.8 Å². The molecule has 0 fully saturated rings. The van der Waals surface area contributed by atoms with E-state index in [1.807, 2.05) is 6.92 Å². The summed E-state index contributed by atoms with van der Waals surface area (Å²) in [6.45, 7) is 5.66. The second-order valence-electron chi connectivity index (χ2n) is 8.16. The number of halogens is 2. The van der Waals surface area contributed by atoms with Gasteiger partial charge in [-0.1, -0.05) is 39.2 Å².